The second-order valence-electron chi connectivity index (χ2n) is 7.60. The van der Waals surface area contributed by atoms with Crippen LogP contribution in [0.25, 0.3) is 6.08 Å². The first-order chi connectivity index (χ1) is 17.3. The van der Waals surface area contributed by atoms with Crippen molar-refractivity contribution in [3.05, 3.63) is 103 Å². The van der Waals surface area contributed by atoms with E-state index in [9.17, 15) is 24.1 Å². The van der Waals surface area contributed by atoms with Crippen LogP contribution in [0.2, 0.25) is 0 Å². The quantitative estimate of drug-likeness (QED) is 0.177. The molecule has 1 fully saturated rings. The maximum atomic E-state index is 13.9. The van der Waals surface area contributed by atoms with Crippen molar-refractivity contribution >= 4 is 50.6 Å². The van der Waals surface area contributed by atoms with Crippen molar-refractivity contribution in [2.24, 2.45) is 0 Å². The van der Waals surface area contributed by atoms with Gasteiger partial charge in [-0.05, 0) is 47.2 Å². The Bertz CT molecular complexity index is 1400. The van der Waals surface area contributed by atoms with Gasteiger partial charge in [-0.15, -0.1) is 0 Å². The van der Waals surface area contributed by atoms with Crippen molar-refractivity contribution in [1.29, 1.82) is 0 Å². The van der Waals surface area contributed by atoms with Gasteiger partial charge in [-0.3, -0.25) is 24.6 Å². The molecule has 1 saturated heterocycles. The lowest BCUT2D eigenvalue weighted by atomic mass is 10.1. The zero-order valence-corrected chi connectivity index (χ0v) is 21.2. The van der Waals surface area contributed by atoms with Gasteiger partial charge in [0.25, 0.3) is 16.8 Å². The van der Waals surface area contributed by atoms with Gasteiger partial charge in [0.1, 0.15) is 12.4 Å². The molecule has 8 nitrogen and oxygen atoms in total. The molecular formula is C25H18BrFN2O6S. The average Bonchev–Trinajstić information content (AvgIpc) is 3.12. The second-order valence-corrected chi connectivity index (χ2v) is 9.45. The van der Waals surface area contributed by atoms with Gasteiger partial charge < -0.3 is 9.47 Å². The maximum Gasteiger partial charge on any atom is 0.293 e. The molecule has 0 radical (unpaired) electrons. The van der Waals surface area contributed by atoms with Crippen molar-refractivity contribution in [3.63, 3.8) is 0 Å². The molecule has 4 rings (SSSR count). The van der Waals surface area contributed by atoms with Crippen LogP contribution in [0, 0.1) is 15.9 Å². The molecule has 11 heteroatoms. The lowest BCUT2D eigenvalue weighted by Crippen LogP contribution is -2.27. The molecule has 0 saturated carbocycles. The van der Waals surface area contributed by atoms with E-state index in [1.165, 1.54) is 31.4 Å². The van der Waals surface area contributed by atoms with Crippen LogP contribution in [0.4, 0.5) is 14.9 Å². The third kappa shape index (κ3) is 5.58. The molecule has 1 aliphatic heterocycles. The third-order valence-electron chi connectivity index (χ3n) is 5.25. The molecule has 0 N–H and O–H groups in total. The number of hydrogen-bond acceptors (Lipinski definition) is 7. The third-order valence-corrected chi connectivity index (χ3v) is 6.84. The fourth-order valence-corrected chi connectivity index (χ4v) is 4.70. The number of imide groups is 1. The van der Waals surface area contributed by atoms with Gasteiger partial charge in [-0.2, -0.15) is 0 Å². The van der Waals surface area contributed by atoms with E-state index in [4.69, 9.17) is 9.47 Å². The monoisotopic (exact) mass is 572 g/mol. The summed E-state index contributed by atoms with van der Waals surface area (Å²) in [5, 5.41) is 10.5. The van der Waals surface area contributed by atoms with Crippen LogP contribution in [0.15, 0.2) is 70.0 Å². The Morgan fingerprint density at radius 1 is 1.11 bits per heavy atom. The molecule has 36 heavy (non-hydrogen) atoms. The summed E-state index contributed by atoms with van der Waals surface area (Å²) in [6, 6.07) is 15.3. The summed E-state index contributed by atoms with van der Waals surface area (Å²) in [6.07, 6.45) is 1.55. The molecule has 0 atom stereocenters. The Morgan fingerprint density at radius 3 is 2.61 bits per heavy atom. The molecule has 0 unspecified atom stereocenters. The Morgan fingerprint density at radius 2 is 1.89 bits per heavy atom. The summed E-state index contributed by atoms with van der Waals surface area (Å²) >= 11 is 4.22. The molecule has 0 bridgehead atoms. The number of benzene rings is 3. The minimum Gasteiger partial charge on any atom is -0.493 e. The van der Waals surface area contributed by atoms with E-state index in [-0.39, 0.29) is 29.6 Å². The molecule has 3 aromatic carbocycles. The SMILES string of the molecule is COc1cc(/C=C2\SC(=O)N(Cc3cccc([N+](=O)[O-])c3)C2=O)c(Br)cc1OCc1ccccc1F. The van der Waals surface area contributed by atoms with Gasteiger partial charge in [-0.25, -0.2) is 4.39 Å². The van der Waals surface area contributed by atoms with Crippen LogP contribution >= 0.6 is 27.7 Å². The molecule has 2 amide bonds. The van der Waals surface area contributed by atoms with Crippen LogP contribution in [0.3, 0.4) is 0 Å². The number of thioether (sulfide) groups is 1. The number of nitro groups is 1. The van der Waals surface area contributed by atoms with Crippen molar-refractivity contribution in [2.45, 2.75) is 13.2 Å². The number of ether oxygens (including phenoxy) is 2. The highest BCUT2D eigenvalue weighted by atomic mass is 79.9. The summed E-state index contributed by atoms with van der Waals surface area (Å²) in [5.41, 5.74) is 1.29. The normalized spacial score (nSPS) is 14.4. The van der Waals surface area contributed by atoms with Crippen LogP contribution in [0.1, 0.15) is 16.7 Å². The number of carbonyl (C=O) groups excluding carboxylic acids is 2. The number of rotatable bonds is 8. The first-order valence-corrected chi connectivity index (χ1v) is 12.1. The predicted octanol–water partition coefficient (Wildman–Crippen LogP) is 6.32. The van der Waals surface area contributed by atoms with Gasteiger partial charge in [0.15, 0.2) is 11.5 Å². The summed E-state index contributed by atoms with van der Waals surface area (Å²) in [4.78, 5) is 37.2. The minimum absolute atomic E-state index is 0.00857. The fourth-order valence-electron chi connectivity index (χ4n) is 3.43. The van der Waals surface area contributed by atoms with Crippen molar-refractivity contribution < 1.29 is 28.4 Å². The van der Waals surface area contributed by atoms with E-state index in [1.807, 2.05) is 0 Å². The van der Waals surface area contributed by atoms with Gasteiger partial charge in [0.2, 0.25) is 0 Å². The number of carbonyl (C=O) groups is 2. The molecule has 0 aromatic heterocycles. The van der Waals surface area contributed by atoms with Crippen LogP contribution in [0.5, 0.6) is 11.5 Å². The standard InChI is InChI=1S/C25H18BrFN2O6S/c1-34-21-10-17(19(26)12-22(21)35-14-16-6-2-3-8-20(16)27)11-23-24(30)28(25(31)36-23)13-15-5-4-7-18(9-15)29(32)33/h2-12H,13-14H2,1H3/b23-11-. The highest BCUT2D eigenvalue weighted by molar-refractivity contribution is 9.10. The lowest BCUT2D eigenvalue weighted by Gasteiger charge is -2.14. The summed E-state index contributed by atoms with van der Waals surface area (Å²) in [7, 11) is 1.45. The Labute approximate surface area is 218 Å². The van der Waals surface area contributed by atoms with Gasteiger partial charge in [0.05, 0.1) is 23.5 Å². The highest BCUT2D eigenvalue weighted by Gasteiger charge is 2.35. The number of hydrogen-bond donors (Lipinski definition) is 0. The number of methoxy groups -OCH3 is 1. The topological polar surface area (TPSA) is 99.0 Å². The first-order valence-electron chi connectivity index (χ1n) is 10.5. The Hall–Kier alpha value is -3.70. The minimum atomic E-state index is -0.536. The van der Waals surface area contributed by atoms with Crippen molar-refractivity contribution in [2.75, 3.05) is 7.11 Å². The number of nitrogens with zero attached hydrogens (tertiary/aromatic N) is 2. The van der Waals surface area contributed by atoms with Crippen molar-refractivity contribution in [1.82, 2.24) is 4.90 Å². The zero-order valence-electron chi connectivity index (χ0n) is 18.8. The first kappa shape index (κ1) is 25.4. The van der Waals surface area contributed by atoms with Gasteiger partial charge >= 0.3 is 0 Å². The van der Waals surface area contributed by atoms with E-state index in [2.05, 4.69) is 15.9 Å². The number of amides is 2. The van der Waals surface area contributed by atoms with Crippen LogP contribution < -0.4 is 9.47 Å². The molecular weight excluding hydrogens is 555 g/mol. The van der Waals surface area contributed by atoms with E-state index < -0.39 is 16.1 Å². The number of non-ortho nitro benzene ring substituents is 1. The number of nitro benzene ring substituents is 1. The number of halogens is 2. The fraction of sp³-hybridized carbons (Fsp3) is 0.120. The summed E-state index contributed by atoms with van der Waals surface area (Å²) in [6.45, 7) is -0.0949. The second kappa shape index (κ2) is 10.9. The molecule has 184 valence electrons. The van der Waals surface area contributed by atoms with Crippen LogP contribution in [-0.2, 0) is 17.9 Å². The lowest BCUT2D eigenvalue weighted by molar-refractivity contribution is -0.384. The average molecular weight is 573 g/mol. The largest absolute Gasteiger partial charge is 0.493 e. The van der Waals surface area contributed by atoms with E-state index in [0.717, 1.165) is 16.7 Å². The molecule has 0 aliphatic carbocycles. The van der Waals surface area contributed by atoms with E-state index in [1.54, 1.807) is 42.5 Å². The predicted molar refractivity (Wildman–Crippen MR) is 136 cm³/mol. The molecule has 1 heterocycles. The van der Waals surface area contributed by atoms with E-state index >= 15 is 0 Å². The molecule has 3 aromatic rings. The smallest absolute Gasteiger partial charge is 0.293 e. The highest BCUT2D eigenvalue weighted by Crippen LogP contribution is 2.38. The van der Waals surface area contributed by atoms with Crippen molar-refractivity contribution in [3.8, 4) is 11.5 Å². The maximum absolute atomic E-state index is 13.9. The Balaban J connectivity index is 1.54. The Kier molecular flexibility index (Phi) is 7.70. The van der Waals surface area contributed by atoms with Gasteiger partial charge in [0, 0.05) is 22.2 Å². The summed E-state index contributed by atoms with van der Waals surface area (Å²) in [5.74, 6) is -0.171. The van der Waals surface area contributed by atoms with E-state index in [0.29, 0.717) is 32.7 Å². The summed E-state index contributed by atoms with van der Waals surface area (Å²) < 4.78 is 25.6. The zero-order chi connectivity index (χ0) is 25.8. The van der Waals surface area contributed by atoms with Gasteiger partial charge in [-0.1, -0.05) is 46.3 Å². The molecule has 0 spiro atoms. The molecule has 1 aliphatic rings. The van der Waals surface area contributed by atoms with Crippen LogP contribution in [-0.4, -0.2) is 28.1 Å².